The Morgan fingerprint density at radius 3 is 2.46 bits per heavy atom. The summed E-state index contributed by atoms with van der Waals surface area (Å²) < 4.78 is 6.64. The van der Waals surface area contributed by atoms with Gasteiger partial charge in [0.15, 0.2) is 6.61 Å². The molecule has 2 aromatic carbocycles. The van der Waals surface area contributed by atoms with E-state index in [-0.39, 0.29) is 24.5 Å². The number of nitrogens with one attached hydrogen (secondary N) is 1. The van der Waals surface area contributed by atoms with E-state index in [0.29, 0.717) is 12.3 Å². The fraction of sp³-hybridized carbons (Fsp3) is 0.364. The van der Waals surface area contributed by atoms with Crippen LogP contribution in [-0.2, 0) is 16.1 Å². The van der Waals surface area contributed by atoms with E-state index in [1.165, 1.54) is 0 Å². The highest BCUT2D eigenvalue weighted by atomic mass is 79.9. The molecule has 2 amide bonds. The van der Waals surface area contributed by atoms with Gasteiger partial charge in [-0.25, -0.2) is 0 Å². The summed E-state index contributed by atoms with van der Waals surface area (Å²) in [6.07, 6.45) is 0. The van der Waals surface area contributed by atoms with Crippen molar-refractivity contribution >= 4 is 27.7 Å². The Morgan fingerprint density at radius 2 is 1.82 bits per heavy atom. The molecule has 0 unspecified atom stereocenters. The molecule has 0 bridgehead atoms. The van der Waals surface area contributed by atoms with Gasteiger partial charge in [0, 0.05) is 17.1 Å². The molecule has 0 spiro atoms. The molecule has 28 heavy (non-hydrogen) atoms. The standard InChI is InChI=1S/C22H27BrN2O3/c1-15(2)24-22(27)17(4)25(13-18-9-7-10-19(23)12-18)21(26)14-28-20-11-6-5-8-16(20)3/h5-12,15,17H,13-14H2,1-4H3,(H,24,27)/t17-/m1/s1. The summed E-state index contributed by atoms with van der Waals surface area (Å²) in [6, 6.07) is 14.6. The minimum atomic E-state index is -0.616. The molecule has 2 aromatic rings. The molecule has 0 radical (unpaired) electrons. The zero-order valence-electron chi connectivity index (χ0n) is 16.7. The Morgan fingerprint density at radius 1 is 1.11 bits per heavy atom. The van der Waals surface area contributed by atoms with Gasteiger partial charge in [-0.3, -0.25) is 9.59 Å². The quantitative estimate of drug-likeness (QED) is 0.664. The van der Waals surface area contributed by atoms with Crippen molar-refractivity contribution in [2.45, 2.75) is 46.3 Å². The SMILES string of the molecule is Cc1ccccc1OCC(=O)N(Cc1cccc(Br)c1)[C@H](C)C(=O)NC(C)C. The molecule has 0 aliphatic heterocycles. The highest BCUT2D eigenvalue weighted by Crippen LogP contribution is 2.18. The Bertz CT molecular complexity index is 823. The topological polar surface area (TPSA) is 58.6 Å². The minimum Gasteiger partial charge on any atom is -0.484 e. The molecule has 0 saturated heterocycles. The predicted molar refractivity (Wildman–Crippen MR) is 114 cm³/mol. The molecule has 0 aromatic heterocycles. The number of amides is 2. The van der Waals surface area contributed by atoms with Crippen molar-refractivity contribution in [1.82, 2.24) is 10.2 Å². The molecule has 0 saturated carbocycles. The lowest BCUT2D eigenvalue weighted by atomic mass is 10.1. The van der Waals surface area contributed by atoms with Crippen molar-refractivity contribution in [3.8, 4) is 5.75 Å². The number of carbonyl (C=O) groups excluding carboxylic acids is 2. The second kappa shape index (κ2) is 10.3. The van der Waals surface area contributed by atoms with Crippen LogP contribution in [0.15, 0.2) is 53.0 Å². The van der Waals surface area contributed by atoms with Gasteiger partial charge in [0.1, 0.15) is 11.8 Å². The third-order valence-corrected chi connectivity index (χ3v) is 4.78. The maximum absolute atomic E-state index is 13.0. The van der Waals surface area contributed by atoms with Crippen LogP contribution < -0.4 is 10.1 Å². The maximum atomic E-state index is 13.0. The van der Waals surface area contributed by atoms with Gasteiger partial charge in [0.25, 0.3) is 5.91 Å². The summed E-state index contributed by atoms with van der Waals surface area (Å²) in [7, 11) is 0. The van der Waals surface area contributed by atoms with Crippen LogP contribution in [0.25, 0.3) is 0 Å². The van der Waals surface area contributed by atoms with E-state index in [1.807, 2.05) is 69.3 Å². The summed E-state index contributed by atoms with van der Waals surface area (Å²) in [5.41, 5.74) is 1.89. The third kappa shape index (κ3) is 6.37. The van der Waals surface area contributed by atoms with E-state index in [4.69, 9.17) is 4.74 Å². The normalized spacial score (nSPS) is 11.8. The number of carbonyl (C=O) groups is 2. The minimum absolute atomic E-state index is 0.000917. The maximum Gasteiger partial charge on any atom is 0.261 e. The number of rotatable bonds is 8. The molecule has 0 aliphatic carbocycles. The van der Waals surface area contributed by atoms with Gasteiger partial charge in [-0.2, -0.15) is 0 Å². The van der Waals surface area contributed by atoms with Crippen molar-refractivity contribution in [2.24, 2.45) is 0 Å². The number of halogens is 1. The number of aryl methyl sites for hydroxylation is 1. The number of hydrogen-bond acceptors (Lipinski definition) is 3. The largest absolute Gasteiger partial charge is 0.484 e. The molecule has 1 N–H and O–H groups in total. The first-order valence-electron chi connectivity index (χ1n) is 9.30. The third-order valence-electron chi connectivity index (χ3n) is 4.28. The average molecular weight is 447 g/mol. The van der Waals surface area contributed by atoms with Crippen molar-refractivity contribution in [2.75, 3.05) is 6.61 Å². The van der Waals surface area contributed by atoms with Crippen LogP contribution in [0, 0.1) is 6.92 Å². The average Bonchev–Trinajstić information content (AvgIpc) is 2.64. The first-order valence-corrected chi connectivity index (χ1v) is 10.1. The van der Waals surface area contributed by atoms with Crippen LogP contribution in [0.3, 0.4) is 0 Å². The Labute approximate surface area is 175 Å². The molecule has 0 heterocycles. The van der Waals surface area contributed by atoms with Crippen LogP contribution in [0.4, 0.5) is 0 Å². The fourth-order valence-corrected chi connectivity index (χ4v) is 3.21. The zero-order chi connectivity index (χ0) is 20.7. The van der Waals surface area contributed by atoms with E-state index in [2.05, 4.69) is 21.2 Å². The van der Waals surface area contributed by atoms with E-state index in [9.17, 15) is 9.59 Å². The van der Waals surface area contributed by atoms with Crippen molar-refractivity contribution in [1.29, 1.82) is 0 Å². The van der Waals surface area contributed by atoms with E-state index in [1.54, 1.807) is 11.8 Å². The van der Waals surface area contributed by atoms with E-state index < -0.39 is 6.04 Å². The van der Waals surface area contributed by atoms with Gasteiger partial charge in [0.05, 0.1) is 0 Å². The molecule has 1 atom stereocenters. The molecule has 150 valence electrons. The lowest BCUT2D eigenvalue weighted by Gasteiger charge is -2.29. The molecule has 5 nitrogen and oxygen atoms in total. The summed E-state index contributed by atoms with van der Waals surface area (Å²) in [4.78, 5) is 27.0. The van der Waals surface area contributed by atoms with Crippen LogP contribution in [0.2, 0.25) is 0 Å². The monoisotopic (exact) mass is 446 g/mol. The molecule has 2 rings (SSSR count). The molecular formula is C22H27BrN2O3. The number of ether oxygens (including phenoxy) is 1. The highest BCUT2D eigenvalue weighted by Gasteiger charge is 2.27. The Hall–Kier alpha value is -2.34. The molecule has 0 aliphatic rings. The summed E-state index contributed by atoms with van der Waals surface area (Å²) in [5, 5.41) is 2.88. The summed E-state index contributed by atoms with van der Waals surface area (Å²) in [5.74, 6) is 0.237. The lowest BCUT2D eigenvalue weighted by molar-refractivity contribution is -0.142. The first kappa shape index (κ1) is 22.0. The van der Waals surface area contributed by atoms with E-state index >= 15 is 0 Å². The van der Waals surface area contributed by atoms with E-state index in [0.717, 1.165) is 15.6 Å². The van der Waals surface area contributed by atoms with Gasteiger partial charge in [0.2, 0.25) is 5.91 Å². The van der Waals surface area contributed by atoms with Gasteiger partial charge in [-0.05, 0) is 57.0 Å². The smallest absolute Gasteiger partial charge is 0.261 e. The van der Waals surface area contributed by atoms with Gasteiger partial charge in [-0.1, -0.05) is 46.3 Å². The van der Waals surface area contributed by atoms with Crippen molar-refractivity contribution in [3.63, 3.8) is 0 Å². The highest BCUT2D eigenvalue weighted by molar-refractivity contribution is 9.10. The lowest BCUT2D eigenvalue weighted by Crippen LogP contribution is -2.50. The van der Waals surface area contributed by atoms with Crippen LogP contribution in [0.1, 0.15) is 31.9 Å². The molecule has 6 heteroatoms. The second-order valence-corrected chi connectivity index (χ2v) is 7.96. The number of nitrogens with zero attached hydrogens (tertiary/aromatic N) is 1. The van der Waals surface area contributed by atoms with Crippen LogP contribution >= 0.6 is 15.9 Å². The Balaban J connectivity index is 2.17. The zero-order valence-corrected chi connectivity index (χ0v) is 18.3. The number of hydrogen-bond donors (Lipinski definition) is 1. The number of benzene rings is 2. The van der Waals surface area contributed by atoms with Gasteiger partial charge >= 0.3 is 0 Å². The summed E-state index contributed by atoms with van der Waals surface area (Å²) >= 11 is 3.45. The first-order chi connectivity index (χ1) is 13.3. The fourth-order valence-electron chi connectivity index (χ4n) is 2.76. The van der Waals surface area contributed by atoms with Crippen LogP contribution in [-0.4, -0.2) is 35.4 Å². The van der Waals surface area contributed by atoms with Crippen LogP contribution in [0.5, 0.6) is 5.75 Å². The van der Waals surface area contributed by atoms with Gasteiger partial charge < -0.3 is 15.0 Å². The predicted octanol–water partition coefficient (Wildman–Crippen LogP) is 4.08. The van der Waals surface area contributed by atoms with Crippen molar-refractivity contribution < 1.29 is 14.3 Å². The molecule has 0 fully saturated rings. The second-order valence-electron chi connectivity index (χ2n) is 7.04. The number of para-hydroxylation sites is 1. The van der Waals surface area contributed by atoms with Crippen molar-refractivity contribution in [3.05, 3.63) is 64.1 Å². The van der Waals surface area contributed by atoms with Gasteiger partial charge in [-0.15, -0.1) is 0 Å². The molecular weight excluding hydrogens is 420 g/mol. The Kier molecular flexibility index (Phi) is 8.05. The summed E-state index contributed by atoms with van der Waals surface area (Å²) in [6.45, 7) is 7.65.